The highest BCUT2D eigenvalue weighted by Crippen LogP contribution is 2.19. The Morgan fingerprint density at radius 3 is 2.83 bits per heavy atom. The van der Waals surface area contributed by atoms with Crippen LogP contribution >= 0.6 is 0 Å². The van der Waals surface area contributed by atoms with Crippen LogP contribution in [0.15, 0.2) is 29.1 Å². The molecule has 0 atom stereocenters. The van der Waals surface area contributed by atoms with Crippen LogP contribution in [0.2, 0.25) is 0 Å². The molecule has 2 amide bonds. The van der Waals surface area contributed by atoms with Crippen molar-refractivity contribution in [3.05, 3.63) is 40.2 Å². The van der Waals surface area contributed by atoms with Crippen LogP contribution in [0.1, 0.15) is 31.2 Å². The van der Waals surface area contributed by atoms with Gasteiger partial charge in [-0.3, -0.25) is 4.79 Å². The van der Waals surface area contributed by atoms with Gasteiger partial charge >= 0.3 is 6.03 Å². The van der Waals surface area contributed by atoms with E-state index in [1.165, 1.54) is 12.8 Å². The van der Waals surface area contributed by atoms with Gasteiger partial charge in [0.15, 0.2) is 0 Å². The summed E-state index contributed by atoms with van der Waals surface area (Å²) < 4.78 is 5.16. The van der Waals surface area contributed by atoms with Gasteiger partial charge in [0.05, 0.1) is 12.6 Å². The molecule has 1 aliphatic carbocycles. The SMILES string of the molecule is COc1ccc2cc(CCNC(=O)NC3CCCC3)c(=O)[nH]c2c1. The number of benzene rings is 1. The number of rotatable bonds is 5. The largest absolute Gasteiger partial charge is 0.497 e. The molecule has 24 heavy (non-hydrogen) atoms. The molecule has 1 aromatic heterocycles. The fraction of sp³-hybridized carbons (Fsp3) is 0.444. The Bertz CT molecular complexity index is 779. The van der Waals surface area contributed by atoms with E-state index in [0.29, 0.717) is 30.3 Å². The number of ether oxygens (including phenoxy) is 1. The van der Waals surface area contributed by atoms with Crippen LogP contribution < -0.4 is 20.9 Å². The highest BCUT2D eigenvalue weighted by molar-refractivity contribution is 5.80. The van der Waals surface area contributed by atoms with Crippen molar-refractivity contribution in [2.75, 3.05) is 13.7 Å². The molecular formula is C18H23N3O3. The molecule has 0 saturated heterocycles. The van der Waals surface area contributed by atoms with Gasteiger partial charge in [0.2, 0.25) is 0 Å². The quantitative estimate of drug-likeness (QED) is 0.787. The first-order chi connectivity index (χ1) is 11.7. The molecule has 1 aromatic carbocycles. The maximum Gasteiger partial charge on any atom is 0.315 e. The first kappa shape index (κ1) is 16.4. The fourth-order valence-corrected chi connectivity index (χ4v) is 3.16. The summed E-state index contributed by atoms with van der Waals surface area (Å²) in [5.41, 5.74) is 1.28. The Labute approximate surface area is 140 Å². The van der Waals surface area contributed by atoms with Crippen LogP contribution in [0, 0.1) is 0 Å². The average molecular weight is 329 g/mol. The van der Waals surface area contributed by atoms with E-state index in [4.69, 9.17) is 4.74 Å². The predicted octanol–water partition coefficient (Wildman–Crippen LogP) is 2.32. The number of aromatic amines is 1. The number of methoxy groups -OCH3 is 1. The van der Waals surface area contributed by atoms with Crippen LogP contribution in [0.4, 0.5) is 4.79 Å². The van der Waals surface area contributed by atoms with Crippen molar-refractivity contribution in [1.82, 2.24) is 15.6 Å². The summed E-state index contributed by atoms with van der Waals surface area (Å²) in [7, 11) is 1.59. The monoisotopic (exact) mass is 329 g/mol. The lowest BCUT2D eigenvalue weighted by atomic mass is 10.1. The van der Waals surface area contributed by atoms with Crippen molar-refractivity contribution in [3.8, 4) is 5.75 Å². The number of aromatic nitrogens is 1. The smallest absolute Gasteiger partial charge is 0.315 e. The topological polar surface area (TPSA) is 83.2 Å². The maximum absolute atomic E-state index is 12.2. The predicted molar refractivity (Wildman–Crippen MR) is 93.6 cm³/mol. The molecule has 1 heterocycles. The first-order valence-corrected chi connectivity index (χ1v) is 8.40. The van der Waals surface area contributed by atoms with Crippen molar-refractivity contribution in [1.29, 1.82) is 0 Å². The van der Waals surface area contributed by atoms with E-state index in [1.807, 2.05) is 18.2 Å². The van der Waals surface area contributed by atoms with Gasteiger partial charge in [-0.05, 0) is 42.8 Å². The minimum Gasteiger partial charge on any atom is -0.497 e. The van der Waals surface area contributed by atoms with Gasteiger partial charge in [-0.2, -0.15) is 0 Å². The molecule has 1 aliphatic rings. The Balaban J connectivity index is 1.59. The van der Waals surface area contributed by atoms with Crippen molar-refractivity contribution < 1.29 is 9.53 Å². The van der Waals surface area contributed by atoms with E-state index in [0.717, 1.165) is 23.7 Å². The minimum atomic E-state index is -0.149. The molecular weight excluding hydrogens is 306 g/mol. The maximum atomic E-state index is 12.2. The summed E-state index contributed by atoms with van der Waals surface area (Å²) in [5.74, 6) is 0.705. The van der Waals surface area contributed by atoms with Gasteiger partial charge < -0.3 is 20.4 Å². The number of urea groups is 1. The summed E-state index contributed by atoms with van der Waals surface area (Å²) in [6.45, 7) is 0.434. The summed E-state index contributed by atoms with van der Waals surface area (Å²) in [5, 5.41) is 6.75. The third-order valence-corrected chi connectivity index (χ3v) is 4.50. The first-order valence-electron chi connectivity index (χ1n) is 8.40. The molecule has 3 rings (SSSR count). The van der Waals surface area contributed by atoms with E-state index < -0.39 is 0 Å². The van der Waals surface area contributed by atoms with Crippen molar-refractivity contribution in [2.24, 2.45) is 0 Å². The van der Waals surface area contributed by atoms with Crippen LogP contribution in [0.25, 0.3) is 10.9 Å². The van der Waals surface area contributed by atoms with Gasteiger partial charge in [-0.25, -0.2) is 4.79 Å². The number of carbonyl (C=O) groups is 1. The lowest BCUT2D eigenvalue weighted by Crippen LogP contribution is -2.41. The lowest BCUT2D eigenvalue weighted by Gasteiger charge is -2.13. The van der Waals surface area contributed by atoms with Gasteiger partial charge in [-0.15, -0.1) is 0 Å². The van der Waals surface area contributed by atoms with Crippen LogP contribution in [-0.4, -0.2) is 30.7 Å². The Morgan fingerprint density at radius 2 is 2.08 bits per heavy atom. The van der Waals surface area contributed by atoms with E-state index in [1.54, 1.807) is 13.2 Å². The number of pyridine rings is 1. The zero-order valence-electron chi connectivity index (χ0n) is 13.9. The number of fused-ring (bicyclic) bond motifs is 1. The summed E-state index contributed by atoms with van der Waals surface area (Å²) in [4.78, 5) is 26.9. The lowest BCUT2D eigenvalue weighted by molar-refractivity contribution is 0.237. The van der Waals surface area contributed by atoms with Gasteiger partial charge in [0, 0.05) is 24.2 Å². The normalized spacial score (nSPS) is 14.7. The number of hydrogen-bond acceptors (Lipinski definition) is 3. The fourth-order valence-electron chi connectivity index (χ4n) is 3.16. The second kappa shape index (κ2) is 7.38. The highest BCUT2D eigenvalue weighted by atomic mass is 16.5. The Kier molecular flexibility index (Phi) is 5.03. The molecule has 0 bridgehead atoms. The zero-order valence-corrected chi connectivity index (χ0v) is 13.9. The summed E-state index contributed by atoms with van der Waals surface area (Å²) >= 11 is 0. The third kappa shape index (κ3) is 3.88. The Morgan fingerprint density at radius 1 is 1.29 bits per heavy atom. The zero-order chi connectivity index (χ0) is 16.9. The van der Waals surface area contributed by atoms with E-state index in [2.05, 4.69) is 15.6 Å². The molecule has 1 fully saturated rings. The Hall–Kier alpha value is -2.50. The highest BCUT2D eigenvalue weighted by Gasteiger charge is 2.16. The molecule has 0 unspecified atom stereocenters. The molecule has 3 N–H and O–H groups in total. The van der Waals surface area contributed by atoms with E-state index >= 15 is 0 Å². The van der Waals surface area contributed by atoms with E-state index in [-0.39, 0.29) is 11.6 Å². The summed E-state index contributed by atoms with van der Waals surface area (Å²) in [6.07, 6.45) is 4.97. The van der Waals surface area contributed by atoms with Crippen molar-refractivity contribution >= 4 is 16.9 Å². The molecule has 2 aromatic rings. The van der Waals surface area contributed by atoms with Crippen molar-refractivity contribution in [3.63, 3.8) is 0 Å². The summed E-state index contributed by atoms with van der Waals surface area (Å²) in [6, 6.07) is 7.58. The number of amides is 2. The van der Waals surface area contributed by atoms with Gasteiger partial charge in [0.25, 0.3) is 5.56 Å². The molecule has 6 nitrogen and oxygen atoms in total. The molecule has 0 spiro atoms. The third-order valence-electron chi connectivity index (χ3n) is 4.50. The molecule has 0 radical (unpaired) electrons. The number of nitrogens with one attached hydrogen (secondary N) is 3. The van der Waals surface area contributed by atoms with Crippen LogP contribution in [0.3, 0.4) is 0 Å². The van der Waals surface area contributed by atoms with Gasteiger partial charge in [-0.1, -0.05) is 12.8 Å². The van der Waals surface area contributed by atoms with Crippen LogP contribution in [0.5, 0.6) is 5.75 Å². The molecule has 6 heteroatoms. The van der Waals surface area contributed by atoms with Crippen molar-refractivity contribution in [2.45, 2.75) is 38.1 Å². The molecule has 128 valence electrons. The molecule has 0 aliphatic heterocycles. The second-order valence-electron chi connectivity index (χ2n) is 6.21. The standard InChI is InChI=1S/C18H23N3O3/c1-24-15-7-6-12-10-13(17(22)21-16(12)11-15)8-9-19-18(23)20-14-4-2-3-5-14/h6-7,10-11,14H,2-5,8-9H2,1H3,(H,21,22)(H2,19,20,23). The van der Waals surface area contributed by atoms with E-state index in [9.17, 15) is 9.59 Å². The van der Waals surface area contributed by atoms with Gasteiger partial charge in [0.1, 0.15) is 5.75 Å². The van der Waals surface area contributed by atoms with Crippen LogP contribution in [-0.2, 0) is 6.42 Å². The second-order valence-corrected chi connectivity index (χ2v) is 6.21. The number of hydrogen-bond donors (Lipinski definition) is 3. The minimum absolute atomic E-state index is 0.131. The number of H-pyrrole nitrogens is 1. The number of carbonyl (C=O) groups excluding carboxylic acids is 1. The average Bonchev–Trinajstić information content (AvgIpc) is 3.07. The molecule has 1 saturated carbocycles.